The topological polar surface area (TPSA) is 52.7 Å². The molecule has 1 aromatic rings. The number of nitrogens with zero attached hydrogens (tertiary/aromatic N) is 2. The second kappa shape index (κ2) is 10.4. The summed E-state index contributed by atoms with van der Waals surface area (Å²) in [4.78, 5) is 29.2. The van der Waals surface area contributed by atoms with E-state index in [1.165, 1.54) is 17.4 Å². The quantitative estimate of drug-likeness (QED) is 0.614. The van der Waals surface area contributed by atoms with Crippen molar-refractivity contribution in [3.63, 3.8) is 0 Å². The molecule has 1 N–H and O–H groups in total. The Labute approximate surface area is 192 Å². The summed E-state index contributed by atoms with van der Waals surface area (Å²) in [6.45, 7) is 2.93. The molecule has 1 aliphatic carbocycles. The molecular weight excluding hydrogens is 461 g/mol. The van der Waals surface area contributed by atoms with Gasteiger partial charge in [-0.2, -0.15) is 0 Å². The molecule has 1 atom stereocenters. The molecule has 7 heteroatoms. The molecule has 1 saturated carbocycles. The van der Waals surface area contributed by atoms with Gasteiger partial charge in [0, 0.05) is 29.5 Å². The summed E-state index contributed by atoms with van der Waals surface area (Å²) in [5.41, 5.74) is 1.05. The first kappa shape index (κ1) is 22.7. The van der Waals surface area contributed by atoms with Crippen LogP contribution in [0.5, 0.6) is 0 Å². The Bertz CT molecular complexity index is 773. The largest absolute Gasteiger partial charge is 0.334 e. The molecule has 5 nitrogen and oxygen atoms in total. The number of nitrogens with one attached hydrogen (secondary N) is 1. The highest BCUT2D eigenvalue weighted by Gasteiger charge is 2.37. The maximum atomic E-state index is 13.5. The maximum Gasteiger partial charge on any atom is 0.324 e. The predicted molar refractivity (Wildman–Crippen MR) is 122 cm³/mol. The fourth-order valence-corrected chi connectivity index (χ4v) is 5.77. The van der Waals surface area contributed by atoms with Crippen molar-refractivity contribution in [2.45, 2.75) is 76.3 Å². The van der Waals surface area contributed by atoms with Crippen molar-refractivity contribution in [2.75, 3.05) is 19.6 Å². The van der Waals surface area contributed by atoms with Gasteiger partial charge in [-0.3, -0.25) is 9.69 Å². The molecule has 2 saturated heterocycles. The molecule has 4 rings (SSSR count). The van der Waals surface area contributed by atoms with Crippen LogP contribution in [0.2, 0.25) is 0 Å². The Morgan fingerprint density at radius 1 is 1.06 bits per heavy atom. The normalized spacial score (nSPS) is 24.5. The summed E-state index contributed by atoms with van der Waals surface area (Å²) < 4.78 is 14.5. The van der Waals surface area contributed by atoms with Gasteiger partial charge in [-0.15, -0.1) is 0 Å². The lowest BCUT2D eigenvalue weighted by Crippen LogP contribution is -2.58. The van der Waals surface area contributed by atoms with E-state index < -0.39 is 0 Å². The Morgan fingerprint density at radius 3 is 2.52 bits per heavy atom. The summed E-state index contributed by atoms with van der Waals surface area (Å²) in [5.74, 6) is 0.385. The first-order chi connectivity index (χ1) is 15.0. The Morgan fingerprint density at radius 2 is 1.81 bits per heavy atom. The van der Waals surface area contributed by atoms with Crippen LogP contribution in [0.1, 0.15) is 63.4 Å². The zero-order chi connectivity index (χ0) is 21.8. The zero-order valence-corrected chi connectivity index (χ0v) is 19.7. The lowest BCUT2D eigenvalue weighted by molar-refractivity contribution is -0.132. The molecule has 3 fully saturated rings. The number of carbonyl (C=O) groups is 2. The molecule has 31 heavy (non-hydrogen) atoms. The van der Waals surface area contributed by atoms with Crippen LogP contribution in [0, 0.1) is 11.7 Å². The van der Waals surface area contributed by atoms with Gasteiger partial charge in [-0.05, 0) is 81.3 Å². The minimum absolute atomic E-state index is 0.0000263. The molecule has 1 unspecified atom stereocenters. The van der Waals surface area contributed by atoms with Gasteiger partial charge in [0.05, 0.1) is 0 Å². The van der Waals surface area contributed by atoms with Gasteiger partial charge in [-0.1, -0.05) is 35.2 Å². The van der Waals surface area contributed by atoms with Crippen molar-refractivity contribution in [1.82, 2.24) is 15.1 Å². The number of imide groups is 1. The van der Waals surface area contributed by atoms with Crippen LogP contribution in [0.3, 0.4) is 0 Å². The second-order valence-electron chi connectivity index (χ2n) is 9.42. The van der Waals surface area contributed by atoms with Gasteiger partial charge in [0.15, 0.2) is 0 Å². The Hall–Kier alpha value is -1.47. The number of benzene rings is 1. The fraction of sp³-hybridized carbons (Fsp3) is 0.667. The number of likely N-dealkylation sites (tertiary alicyclic amines) is 1. The zero-order valence-electron chi connectivity index (χ0n) is 18.1. The maximum absolute atomic E-state index is 13.5. The van der Waals surface area contributed by atoms with Gasteiger partial charge < -0.3 is 10.2 Å². The van der Waals surface area contributed by atoms with Crippen molar-refractivity contribution < 1.29 is 14.0 Å². The average molecular weight is 494 g/mol. The number of urea groups is 1. The average Bonchev–Trinajstić information content (AvgIpc) is 2.76. The molecule has 3 aliphatic rings. The number of amides is 3. The van der Waals surface area contributed by atoms with E-state index in [4.69, 9.17) is 0 Å². The number of carbonyl (C=O) groups excluding carboxylic acids is 2. The number of piperidine rings is 1. The van der Waals surface area contributed by atoms with Gasteiger partial charge in [0.1, 0.15) is 5.82 Å². The number of halogens is 2. The van der Waals surface area contributed by atoms with Gasteiger partial charge in [-0.25, -0.2) is 9.18 Å². The molecule has 0 spiro atoms. The van der Waals surface area contributed by atoms with E-state index in [0.29, 0.717) is 12.3 Å². The van der Waals surface area contributed by atoms with Crippen molar-refractivity contribution in [3.05, 3.63) is 34.1 Å². The van der Waals surface area contributed by atoms with Crippen LogP contribution < -0.4 is 5.32 Å². The smallest absolute Gasteiger partial charge is 0.324 e. The number of rotatable bonds is 6. The van der Waals surface area contributed by atoms with Gasteiger partial charge in [0.2, 0.25) is 5.91 Å². The Kier molecular flexibility index (Phi) is 7.64. The summed E-state index contributed by atoms with van der Waals surface area (Å²) in [7, 11) is 0. The molecule has 0 aromatic heterocycles. The standard InChI is InChI=1S/C24H33BrFN3O2/c25-22-7-6-19(26)15-18(22)14-17-8-11-28(12-9-17)13-10-20-16-23(30)29(24(31)27-20)21-4-2-1-3-5-21/h6-7,15,17,20-21H,1-5,8-14,16H2,(H,27,31). The summed E-state index contributed by atoms with van der Waals surface area (Å²) in [5, 5.41) is 3.09. The monoisotopic (exact) mass is 493 g/mol. The summed E-state index contributed by atoms with van der Waals surface area (Å²) >= 11 is 3.53. The van der Waals surface area contributed by atoms with E-state index >= 15 is 0 Å². The second-order valence-corrected chi connectivity index (χ2v) is 10.3. The lowest BCUT2D eigenvalue weighted by atomic mass is 9.90. The molecule has 3 amide bonds. The fourth-order valence-electron chi connectivity index (χ4n) is 5.36. The third-order valence-electron chi connectivity index (χ3n) is 7.19. The van der Waals surface area contributed by atoms with Crippen molar-refractivity contribution >= 4 is 27.9 Å². The van der Waals surface area contributed by atoms with Crippen LogP contribution in [-0.4, -0.2) is 53.5 Å². The first-order valence-corrected chi connectivity index (χ1v) is 12.6. The van der Waals surface area contributed by atoms with Crippen molar-refractivity contribution in [2.24, 2.45) is 5.92 Å². The molecule has 0 bridgehead atoms. The van der Waals surface area contributed by atoms with Crippen LogP contribution in [0.15, 0.2) is 22.7 Å². The van der Waals surface area contributed by atoms with E-state index in [9.17, 15) is 14.0 Å². The van der Waals surface area contributed by atoms with E-state index in [1.54, 1.807) is 12.1 Å². The van der Waals surface area contributed by atoms with Crippen LogP contribution in [-0.2, 0) is 11.2 Å². The van der Waals surface area contributed by atoms with E-state index in [0.717, 1.165) is 81.0 Å². The van der Waals surface area contributed by atoms with E-state index in [2.05, 4.69) is 26.1 Å². The first-order valence-electron chi connectivity index (χ1n) is 11.8. The lowest BCUT2D eigenvalue weighted by Gasteiger charge is -2.39. The highest BCUT2D eigenvalue weighted by Crippen LogP contribution is 2.28. The number of hydrogen-bond acceptors (Lipinski definition) is 3. The van der Waals surface area contributed by atoms with Crippen LogP contribution in [0.25, 0.3) is 0 Å². The molecule has 2 aliphatic heterocycles. The number of hydrogen-bond donors (Lipinski definition) is 1. The minimum Gasteiger partial charge on any atom is -0.334 e. The third kappa shape index (κ3) is 5.86. The highest BCUT2D eigenvalue weighted by atomic mass is 79.9. The van der Waals surface area contributed by atoms with Crippen LogP contribution >= 0.6 is 15.9 Å². The van der Waals surface area contributed by atoms with Crippen molar-refractivity contribution in [1.29, 1.82) is 0 Å². The van der Waals surface area contributed by atoms with Gasteiger partial charge in [0.25, 0.3) is 0 Å². The molecule has 1 aromatic carbocycles. The third-order valence-corrected chi connectivity index (χ3v) is 7.97. The summed E-state index contributed by atoms with van der Waals surface area (Å²) in [6, 6.07) is 4.76. The molecule has 170 valence electrons. The summed E-state index contributed by atoms with van der Waals surface area (Å²) in [6.07, 6.45) is 9.64. The van der Waals surface area contributed by atoms with Gasteiger partial charge >= 0.3 is 6.03 Å². The minimum atomic E-state index is -0.187. The van der Waals surface area contributed by atoms with Crippen molar-refractivity contribution in [3.8, 4) is 0 Å². The van der Waals surface area contributed by atoms with Crippen LogP contribution in [0.4, 0.5) is 9.18 Å². The molecule has 2 heterocycles. The van der Waals surface area contributed by atoms with E-state index in [1.807, 2.05) is 0 Å². The SMILES string of the molecule is O=C1CC(CCN2CCC(Cc3cc(F)ccc3Br)CC2)NC(=O)N1C1CCCCC1. The highest BCUT2D eigenvalue weighted by molar-refractivity contribution is 9.10. The predicted octanol–water partition coefficient (Wildman–Crippen LogP) is 4.88. The molecular formula is C24H33BrFN3O2. The van der Waals surface area contributed by atoms with E-state index in [-0.39, 0.29) is 29.8 Å². The Balaban J connectivity index is 1.20. The molecule has 0 radical (unpaired) electrons.